The monoisotopic (exact) mass is 637 g/mol. The van der Waals surface area contributed by atoms with Gasteiger partial charge in [-0.25, -0.2) is 9.97 Å². The normalized spacial score (nSPS) is 12.0. The molecule has 0 atom stereocenters. The Kier molecular flexibility index (Phi) is 5.63. The van der Waals surface area contributed by atoms with Gasteiger partial charge in [0.1, 0.15) is 16.9 Å². The molecule has 8 aromatic carbocycles. The van der Waals surface area contributed by atoms with E-state index in [4.69, 9.17) is 14.4 Å². The Balaban J connectivity index is 1.40. The summed E-state index contributed by atoms with van der Waals surface area (Å²) in [7, 11) is 0. The molecule has 0 saturated heterocycles. The van der Waals surface area contributed by atoms with E-state index < -0.39 is 0 Å². The van der Waals surface area contributed by atoms with Gasteiger partial charge in [0.25, 0.3) is 0 Å². The van der Waals surface area contributed by atoms with Crippen LogP contribution in [0.1, 0.15) is 0 Å². The molecule has 0 spiro atoms. The summed E-state index contributed by atoms with van der Waals surface area (Å²) in [4.78, 5) is 10.8. The topological polar surface area (TPSA) is 43.9 Å². The van der Waals surface area contributed by atoms with E-state index in [1.807, 2.05) is 30.3 Å². The molecule has 4 nitrogen and oxygen atoms in total. The number of para-hydroxylation sites is 4. The van der Waals surface area contributed by atoms with Crippen molar-refractivity contribution in [2.24, 2.45) is 0 Å². The van der Waals surface area contributed by atoms with Crippen molar-refractivity contribution in [3.8, 4) is 28.2 Å². The molecular formula is C46H27N3O. The fourth-order valence-corrected chi connectivity index (χ4v) is 7.97. The molecule has 11 aromatic rings. The van der Waals surface area contributed by atoms with Crippen molar-refractivity contribution in [2.45, 2.75) is 0 Å². The SMILES string of the molecule is c1ccc(-c2nc3ccccc3nc2-n2c3c(-c4c5ccccc5cc5c4oc4ccccc45)cccc3c3ccc4ccccc4c32)cc1. The highest BCUT2D eigenvalue weighted by Crippen LogP contribution is 2.47. The van der Waals surface area contributed by atoms with Crippen LogP contribution >= 0.6 is 0 Å². The third kappa shape index (κ3) is 3.81. The number of rotatable bonds is 3. The van der Waals surface area contributed by atoms with Gasteiger partial charge in [-0.3, -0.25) is 4.57 Å². The molecule has 0 aliphatic heterocycles. The molecule has 232 valence electrons. The van der Waals surface area contributed by atoms with Crippen LogP contribution in [-0.4, -0.2) is 14.5 Å². The van der Waals surface area contributed by atoms with Crippen LogP contribution in [0.3, 0.4) is 0 Å². The molecular weight excluding hydrogens is 611 g/mol. The highest BCUT2D eigenvalue weighted by atomic mass is 16.3. The Bertz CT molecular complexity index is 3150. The number of benzene rings is 8. The summed E-state index contributed by atoms with van der Waals surface area (Å²) in [6.07, 6.45) is 0. The predicted molar refractivity (Wildman–Crippen MR) is 207 cm³/mol. The molecule has 0 aliphatic carbocycles. The van der Waals surface area contributed by atoms with Crippen molar-refractivity contribution >= 4 is 76.3 Å². The maximum absolute atomic E-state index is 6.80. The standard InChI is InChI=1S/C46H27N3O/c1-2-14-29(15-3-1)42-46(48-39-23-10-9-22-38(39)47-42)49-43-32-18-7-4-13-28(32)25-26-35(43)34-20-12-21-36(44(34)49)41-31-17-6-5-16-30(31)27-37-33-19-8-11-24-40(33)50-45(37)41/h1-27H. The maximum atomic E-state index is 6.80. The van der Waals surface area contributed by atoms with Crippen LogP contribution in [0.5, 0.6) is 0 Å². The van der Waals surface area contributed by atoms with Crippen LogP contribution in [0.2, 0.25) is 0 Å². The second kappa shape index (κ2) is 10.4. The van der Waals surface area contributed by atoms with Crippen LogP contribution in [0.15, 0.2) is 168 Å². The van der Waals surface area contributed by atoms with Crippen molar-refractivity contribution in [3.63, 3.8) is 0 Å². The van der Waals surface area contributed by atoms with E-state index in [1.165, 1.54) is 10.8 Å². The molecule has 0 bridgehead atoms. The first-order valence-electron chi connectivity index (χ1n) is 16.9. The van der Waals surface area contributed by atoms with E-state index in [0.717, 1.165) is 93.8 Å². The van der Waals surface area contributed by atoms with E-state index in [-0.39, 0.29) is 0 Å². The van der Waals surface area contributed by atoms with Crippen LogP contribution < -0.4 is 0 Å². The minimum absolute atomic E-state index is 0.791. The second-order valence-electron chi connectivity index (χ2n) is 12.9. The first-order valence-corrected chi connectivity index (χ1v) is 16.9. The largest absolute Gasteiger partial charge is 0.455 e. The van der Waals surface area contributed by atoms with Gasteiger partial charge in [-0.1, -0.05) is 140 Å². The molecule has 0 saturated carbocycles. The van der Waals surface area contributed by atoms with Gasteiger partial charge in [0.05, 0.1) is 22.1 Å². The Hall–Kier alpha value is -6.78. The summed E-state index contributed by atoms with van der Waals surface area (Å²) in [6, 6.07) is 57.6. The zero-order valence-electron chi connectivity index (χ0n) is 26.8. The summed E-state index contributed by atoms with van der Waals surface area (Å²) in [5, 5.41) is 9.17. The van der Waals surface area contributed by atoms with E-state index in [1.54, 1.807) is 0 Å². The number of nitrogens with zero attached hydrogens (tertiary/aromatic N) is 3. The maximum Gasteiger partial charge on any atom is 0.165 e. The number of hydrogen-bond donors (Lipinski definition) is 0. The zero-order chi connectivity index (χ0) is 32.8. The number of furan rings is 1. The molecule has 11 rings (SSSR count). The first kappa shape index (κ1) is 27.2. The summed E-state index contributed by atoms with van der Waals surface area (Å²) >= 11 is 0. The van der Waals surface area contributed by atoms with Gasteiger partial charge < -0.3 is 4.42 Å². The average Bonchev–Trinajstić information content (AvgIpc) is 3.73. The van der Waals surface area contributed by atoms with Crippen LogP contribution in [-0.2, 0) is 0 Å². The molecule has 50 heavy (non-hydrogen) atoms. The molecule has 0 aliphatic rings. The van der Waals surface area contributed by atoms with E-state index in [0.29, 0.717) is 0 Å². The third-order valence-corrected chi connectivity index (χ3v) is 10.1. The lowest BCUT2D eigenvalue weighted by Gasteiger charge is -2.17. The molecule has 3 heterocycles. The van der Waals surface area contributed by atoms with Crippen LogP contribution in [0.4, 0.5) is 0 Å². The van der Waals surface area contributed by atoms with Crippen LogP contribution in [0, 0.1) is 0 Å². The van der Waals surface area contributed by atoms with E-state index >= 15 is 0 Å². The van der Waals surface area contributed by atoms with Gasteiger partial charge in [-0.05, 0) is 40.4 Å². The van der Waals surface area contributed by atoms with Crippen LogP contribution in [0.25, 0.3) is 105 Å². The van der Waals surface area contributed by atoms with Crippen molar-refractivity contribution < 1.29 is 4.42 Å². The fourth-order valence-electron chi connectivity index (χ4n) is 7.97. The number of aromatic nitrogens is 3. The van der Waals surface area contributed by atoms with Gasteiger partial charge in [0, 0.05) is 43.6 Å². The van der Waals surface area contributed by atoms with E-state index in [9.17, 15) is 0 Å². The van der Waals surface area contributed by atoms with Gasteiger partial charge in [0.15, 0.2) is 5.82 Å². The lowest BCUT2D eigenvalue weighted by molar-refractivity contribution is 0.670. The lowest BCUT2D eigenvalue weighted by atomic mass is 9.93. The summed E-state index contributed by atoms with van der Waals surface area (Å²) in [5.74, 6) is 0.791. The number of hydrogen-bond acceptors (Lipinski definition) is 3. The Morgan fingerprint density at radius 2 is 1.10 bits per heavy atom. The highest BCUT2D eigenvalue weighted by molar-refractivity contribution is 6.25. The van der Waals surface area contributed by atoms with Gasteiger partial charge in [0.2, 0.25) is 0 Å². The summed E-state index contributed by atoms with van der Waals surface area (Å²) in [6.45, 7) is 0. The van der Waals surface area contributed by atoms with Crippen molar-refractivity contribution in [3.05, 3.63) is 164 Å². The third-order valence-electron chi connectivity index (χ3n) is 10.1. The first-order chi connectivity index (χ1) is 24.8. The Morgan fingerprint density at radius 1 is 0.440 bits per heavy atom. The summed E-state index contributed by atoms with van der Waals surface area (Å²) in [5.41, 5.74) is 9.64. The minimum atomic E-state index is 0.791. The zero-order valence-corrected chi connectivity index (χ0v) is 26.8. The van der Waals surface area contributed by atoms with Crippen molar-refractivity contribution in [1.82, 2.24) is 14.5 Å². The molecule has 0 amide bonds. The lowest BCUT2D eigenvalue weighted by Crippen LogP contribution is -2.04. The molecule has 3 aromatic heterocycles. The average molecular weight is 638 g/mol. The smallest absolute Gasteiger partial charge is 0.165 e. The molecule has 0 unspecified atom stereocenters. The summed E-state index contributed by atoms with van der Waals surface area (Å²) < 4.78 is 9.17. The quantitative estimate of drug-likeness (QED) is 0.194. The Labute approximate surface area is 286 Å². The fraction of sp³-hybridized carbons (Fsp3) is 0. The van der Waals surface area contributed by atoms with Gasteiger partial charge in [-0.2, -0.15) is 0 Å². The minimum Gasteiger partial charge on any atom is -0.455 e. The Morgan fingerprint density at radius 3 is 1.96 bits per heavy atom. The second-order valence-corrected chi connectivity index (χ2v) is 12.9. The van der Waals surface area contributed by atoms with Crippen molar-refractivity contribution in [2.75, 3.05) is 0 Å². The molecule has 0 radical (unpaired) electrons. The molecule has 4 heteroatoms. The number of fused-ring (bicyclic) bond motifs is 10. The van der Waals surface area contributed by atoms with Gasteiger partial charge in [-0.15, -0.1) is 0 Å². The molecule has 0 N–H and O–H groups in total. The van der Waals surface area contributed by atoms with E-state index in [2.05, 4.69) is 138 Å². The predicted octanol–water partition coefficient (Wildman–Crippen LogP) is 12.3. The van der Waals surface area contributed by atoms with Gasteiger partial charge >= 0.3 is 0 Å². The highest BCUT2D eigenvalue weighted by Gasteiger charge is 2.25. The van der Waals surface area contributed by atoms with Crippen molar-refractivity contribution in [1.29, 1.82) is 0 Å². The molecule has 0 fully saturated rings.